The van der Waals surface area contributed by atoms with E-state index >= 15 is 0 Å². The number of carboxylic acids is 1. The quantitative estimate of drug-likeness (QED) is 0.815. The Morgan fingerprint density at radius 1 is 1.62 bits per heavy atom. The Hall–Kier alpha value is -1.43. The topological polar surface area (TPSA) is 67.5 Å². The van der Waals surface area contributed by atoms with Gasteiger partial charge in [0.1, 0.15) is 4.60 Å². The fraction of sp³-hybridized carbons (Fsp3) is 0. The average Bonchev–Trinajstić information content (AvgIpc) is 2.45. The number of carboxylic acid groups (broad SMARTS) is 1. The minimum Gasteiger partial charge on any atom is -0.475 e. The maximum absolute atomic E-state index is 10.7. The summed E-state index contributed by atoms with van der Waals surface area (Å²) in [6, 6.07) is 0. The van der Waals surface area contributed by atoms with Crippen LogP contribution in [0.25, 0.3) is 5.52 Å². The van der Waals surface area contributed by atoms with Crippen molar-refractivity contribution >= 4 is 27.4 Å². The van der Waals surface area contributed by atoms with Gasteiger partial charge in [-0.1, -0.05) is 0 Å². The highest BCUT2D eigenvalue weighted by Gasteiger charge is 2.14. The van der Waals surface area contributed by atoms with Gasteiger partial charge in [-0.05, 0) is 15.9 Å². The summed E-state index contributed by atoms with van der Waals surface area (Å²) in [4.78, 5) is 18.4. The Bertz CT molecular complexity index is 480. The number of hydrogen-bond acceptors (Lipinski definition) is 3. The molecule has 2 heterocycles. The first-order valence-corrected chi connectivity index (χ1v) is 4.20. The van der Waals surface area contributed by atoms with Crippen molar-refractivity contribution in [1.82, 2.24) is 14.4 Å². The maximum Gasteiger partial charge on any atom is 0.372 e. The van der Waals surface area contributed by atoms with Gasteiger partial charge in [-0.2, -0.15) is 0 Å². The molecule has 0 aliphatic rings. The number of hydrogen-bond donors (Lipinski definition) is 1. The molecule has 2 aromatic rings. The lowest BCUT2D eigenvalue weighted by atomic mass is 10.5. The second-order valence-electron chi connectivity index (χ2n) is 2.36. The van der Waals surface area contributed by atoms with Gasteiger partial charge < -0.3 is 5.11 Å². The SMILES string of the molecule is O=C(O)c1nc(Br)c2cnccn12. The normalized spacial score (nSPS) is 10.5. The second-order valence-corrected chi connectivity index (χ2v) is 3.11. The molecule has 1 N–H and O–H groups in total. The van der Waals surface area contributed by atoms with Crippen molar-refractivity contribution in [2.45, 2.75) is 0 Å². The second kappa shape index (κ2) is 2.81. The lowest BCUT2D eigenvalue weighted by molar-refractivity contribution is 0.0682. The van der Waals surface area contributed by atoms with E-state index < -0.39 is 5.97 Å². The third-order valence-electron chi connectivity index (χ3n) is 1.59. The third-order valence-corrected chi connectivity index (χ3v) is 2.18. The van der Waals surface area contributed by atoms with Crippen LogP contribution in [0.2, 0.25) is 0 Å². The van der Waals surface area contributed by atoms with Gasteiger partial charge in [0.15, 0.2) is 0 Å². The highest BCUT2D eigenvalue weighted by atomic mass is 79.9. The Kier molecular flexibility index (Phi) is 1.77. The van der Waals surface area contributed by atoms with Crippen LogP contribution in [0.1, 0.15) is 10.6 Å². The lowest BCUT2D eigenvalue weighted by Crippen LogP contribution is -2.03. The summed E-state index contributed by atoms with van der Waals surface area (Å²) in [5.41, 5.74) is 0.639. The third kappa shape index (κ3) is 1.19. The number of rotatable bonds is 1. The molecule has 0 fully saturated rings. The van der Waals surface area contributed by atoms with Gasteiger partial charge in [0, 0.05) is 12.4 Å². The number of halogens is 1. The molecule has 2 rings (SSSR count). The molecule has 0 saturated carbocycles. The van der Waals surface area contributed by atoms with E-state index in [-0.39, 0.29) is 5.82 Å². The molecular weight excluding hydrogens is 238 g/mol. The van der Waals surface area contributed by atoms with Gasteiger partial charge >= 0.3 is 5.97 Å². The minimum atomic E-state index is -1.06. The van der Waals surface area contributed by atoms with Gasteiger partial charge in [0.05, 0.1) is 11.7 Å². The first-order chi connectivity index (χ1) is 6.20. The Morgan fingerprint density at radius 3 is 3.08 bits per heavy atom. The molecule has 5 nitrogen and oxygen atoms in total. The molecule has 0 aromatic carbocycles. The molecule has 0 aliphatic heterocycles. The predicted molar refractivity (Wildman–Crippen MR) is 47.6 cm³/mol. The first-order valence-electron chi connectivity index (χ1n) is 3.41. The molecule has 0 radical (unpaired) electrons. The van der Waals surface area contributed by atoms with E-state index in [1.165, 1.54) is 10.6 Å². The summed E-state index contributed by atoms with van der Waals surface area (Å²) >= 11 is 3.15. The van der Waals surface area contributed by atoms with Crippen LogP contribution in [-0.4, -0.2) is 25.4 Å². The predicted octanol–water partition coefficient (Wildman–Crippen LogP) is 1.19. The van der Waals surface area contributed by atoms with Crippen LogP contribution in [-0.2, 0) is 0 Å². The summed E-state index contributed by atoms with van der Waals surface area (Å²) in [6.07, 6.45) is 4.60. The zero-order chi connectivity index (χ0) is 9.42. The Balaban J connectivity index is 2.85. The van der Waals surface area contributed by atoms with Gasteiger partial charge in [0.25, 0.3) is 0 Å². The standard InChI is InChI=1S/C7H4BrN3O2/c8-5-4-3-9-1-2-11(4)6(10-5)7(12)13/h1-3H,(H,12,13). The summed E-state index contributed by atoms with van der Waals surface area (Å²) in [5.74, 6) is -1.09. The number of imidazole rings is 1. The molecule has 0 amide bonds. The van der Waals surface area contributed by atoms with Crippen molar-refractivity contribution in [3.05, 3.63) is 29.0 Å². The monoisotopic (exact) mass is 241 g/mol. The summed E-state index contributed by atoms with van der Waals surface area (Å²) in [5, 5.41) is 8.77. The summed E-state index contributed by atoms with van der Waals surface area (Å²) < 4.78 is 1.94. The molecule has 0 bridgehead atoms. The van der Waals surface area contributed by atoms with E-state index in [9.17, 15) is 4.79 Å². The van der Waals surface area contributed by atoms with Crippen molar-refractivity contribution in [2.75, 3.05) is 0 Å². The van der Waals surface area contributed by atoms with Crippen LogP contribution in [0.3, 0.4) is 0 Å². The molecular formula is C7H4BrN3O2. The van der Waals surface area contributed by atoms with Crippen LogP contribution in [0, 0.1) is 0 Å². The van der Waals surface area contributed by atoms with Crippen molar-refractivity contribution in [2.24, 2.45) is 0 Å². The Morgan fingerprint density at radius 2 is 2.38 bits per heavy atom. The van der Waals surface area contributed by atoms with Crippen LogP contribution in [0.5, 0.6) is 0 Å². The maximum atomic E-state index is 10.7. The molecule has 0 atom stereocenters. The summed E-state index contributed by atoms with van der Waals surface area (Å²) in [6.45, 7) is 0. The zero-order valence-electron chi connectivity index (χ0n) is 6.31. The first kappa shape index (κ1) is 8.18. The molecule has 6 heteroatoms. The van der Waals surface area contributed by atoms with Crippen LogP contribution < -0.4 is 0 Å². The van der Waals surface area contributed by atoms with Crippen LogP contribution in [0.15, 0.2) is 23.2 Å². The number of aromatic carboxylic acids is 1. The number of aromatic nitrogens is 3. The summed E-state index contributed by atoms with van der Waals surface area (Å²) in [7, 11) is 0. The van der Waals surface area contributed by atoms with Gasteiger partial charge in [-0.15, -0.1) is 0 Å². The molecule has 0 aliphatic carbocycles. The molecule has 0 unspecified atom stereocenters. The fourth-order valence-electron chi connectivity index (χ4n) is 1.05. The van der Waals surface area contributed by atoms with Gasteiger partial charge in [-0.3, -0.25) is 9.38 Å². The largest absolute Gasteiger partial charge is 0.475 e. The smallest absolute Gasteiger partial charge is 0.372 e. The van der Waals surface area contributed by atoms with Gasteiger partial charge in [0.2, 0.25) is 5.82 Å². The molecule has 66 valence electrons. The van der Waals surface area contributed by atoms with Gasteiger partial charge in [-0.25, -0.2) is 9.78 Å². The highest BCUT2D eigenvalue weighted by molar-refractivity contribution is 9.10. The van der Waals surface area contributed by atoms with Crippen LogP contribution >= 0.6 is 15.9 Å². The molecule has 0 saturated heterocycles. The van der Waals surface area contributed by atoms with Crippen molar-refractivity contribution in [1.29, 1.82) is 0 Å². The molecule has 2 aromatic heterocycles. The number of fused-ring (bicyclic) bond motifs is 1. The number of nitrogens with zero attached hydrogens (tertiary/aromatic N) is 3. The molecule has 0 spiro atoms. The van der Waals surface area contributed by atoms with Crippen LogP contribution in [0.4, 0.5) is 0 Å². The number of carbonyl (C=O) groups is 1. The van der Waals surface area contributed by atoms with E-state index in [1.807, 2.05) is 0 Å². The zero-order valence-corrected chi connectivity index (χ0v) is 7.89. The van der Waals surface area contributed by atoms with E-state index in [1.54, 1.807) is 12.4 Å². The Labute approximate surface area is 81.2 Å². The van der Waals surface area contributed by atoms with E-state index in [2.05, 4.69) is 25.9 Å². The van der Waals surface area contributed by atoms with Crippen molar-refractivity contribution in [3.63, 3.8) is 0 Å². The minimum absolute atomic E-state index is 0.0238. The average molecular weight is 242 g/mol. The molecule has 13 heavy (non-hydrogen) atoms. The van der Waals surface area contributed by atoms with E-state index in [0.29, 0.717) is 10.1 Å². The van der Waals surface area contributed by atoms with Crippen molar-refractivity contribution in [3.8, 4) is 0 Å². The lowest BCUT2D eigenvalue weighted by Gasteiger charge is -1.93. The highest BCUT2D eigenvalue weighted by Crippen LogP contribution is 2.17. The fourth-order valence-corrected chi connectivity index (χ4v) is 1.52. The van der Waals surface area contributed by atoms with E-state index in [0.717, 1.165) is 0 Å². The van der Waals surface area contributed by atoms with Crippen molar-refractivity contribution < 1.29 is 9.90 Å². The van der Waals surface area contributed by atoms with E-state index in [4.69, 9.17) is 5.11 Å².